The molecule has 0 amide bonds. The van der Waals surface area contributed by atoms with E-state index >= 15 is 0 Å². The van der Waals surface area contributed by atoms with Crippen LogP contribution in [0.15, 0.2) is 0 Å². The Kier molecular flexibility index (Phi) is 8.07. The largest absolute Gasteiger partial charge is 0.303 e. The zero-order valence-corrected chi connectivity index (χ0v) is 9.38. The van der Waals surface area contributed by atoms with Crippen molar-refractivity contribution in [2.45, 2.75) is 59.3 Å². The van der Waals surface area contributed by atoms with Crippen LogP contribution in [0.25, 0.3) is 0 Å². The Hall–Kier alpha value is -0.330. The zero-order valence-electron chi connectivity index (χ0n) is 9.38. The van der Waals surface area contributed by atoms with Crippen molar-refractivity contribution in [3.8, 4) is 0 Å². The Morgan fingerprint density at radius 3 is 2.31 bits per heavy atom. The minimum atomic E-state index is 0.258. The van der Waals surface area contributed by atoms with Gasteiger partial charge < -0.3 is 4.79 Å². The summed E-state index contributed by atoms with van der Waals surface area (Å²) in [5.74, 6) is 1.06. The summed E-state index contributed by atoms with van der Waals surface area (Å²) in [5, 5.41) is 0. The van der Waals surface area contributed by atoms with Crippen molar-refractivity contribution in [3.05, 3.63) is 0 Å². The quantitative estimate of drug-likeness (QED) is 0.414. The lowest BCUT2D eigenvalue weighted by Crippen LogP contribution is -2.01. The molecule has 0 fully saturated rings. The van der Waals surface area contributed by atoms with Gasteiger partial charge in [0.05, 0.1) is 0 Å². The molecule has 0 aromatic rings. The first kappa shape index (κ1) is 12.7. The van der Waals surface area contributed by atoms with Crippen molar-refractivity contribution >= 4 is 6.29 Å². The predicted octanol–water partition coefficient (Wildman–Crippen LogP) is 3.82. The Morgan fingerprint density at radius 2 is 1.77 bits per heavy atom. The molecular weight excluding hydrogens is 160 g/mol. The Labute approximate surface area is 82.9 Å². The number of carbonyl (C=O) groups excluding carboxylic acids is 1. The van der Waals surface area contributed by atoms with Gasteiger partial charge in [0, 0.05) is 5.92 Å². The second-order valence-electron chi connectivity index (χ2n) is 4.29. The SMILES string of the molecule is CCCCCC(C)CCC(C)C=O. The van der Waals surface area contributed by atoms with Crippen LogP contribution in [-0.2, 0) is 4.79 Å². The number of rotatable bonds is 8. The monoisotopic (exact) mass is 184 g/mol. The summed E-state index contributed by atoms with van der Waals surface area (Å²) in [6.07, 6.45) is 8.69. The molecule has 0 saturated carbocycles. The number of carbonyl (C=O) groups is 1. The van der Waals surface area contributed by atoms with Gasteiger partial charge in [-0.3, -0.25) is 0 Å². The van der Waals surface area contributed by atoms with Gasteiger partial charge in [-0.2, -0.15) is 0 Å². The van der Waals surface area contributed by atoms with Crippen LogP contribution in [0.3, 0.4) is 0 Å². The molecule has 0 aromatic heterocycles. The number of hydrogen-bond acceptors (Lipinski definition) is 1. The molecule has 0 bridgehead atoms. The van der Waals surface area contributed by atoms with Gasteiger partial charge in [-0.05, 0) is 12.3 Å². The summed E-state index contributed by atoms with van der Waals surface area (Å²) in [7, 11) is 0. The summed E-state index contributed by atoms with van der Waals surface area (Å²) in [6, 6.07) is 0. The summed E-state index contributed by atoms with van der Waals surface area (Å²) in [5.41, 5.74) is 0. The molecule has 0 saturated heterocycles. The van der Waals surface area contributed by atoms with E-state index in [9.17, 15) is 4.79 Å². The lowest BCUT2D eigenvalue weighted by atomic mass is 9.94. The van der Waals surface area contributed by atoms with Gasteiger partial charge in [0.15, 0.2) is 0 Å². The van der Waals surface area contributed by atoms with Crippen molar-refractivity contribution < 1.29 is 4.79 Å². The van der Waals surface area contributed by atoms with Crippen molar-refractivity contribution in [1.29, 1.82) is 0 Å². The third-order valence-electron chi connectivity index (χ3n) is 2.65. The molecule has 0 aliphatic carbocycles. The summed E-state index contributed by atoms with van der Waals surface area (Å²) >= 11 is 0. The fraction of sp³-hybridized carbons (Fsp3) is 0.917. The predicted molar refractivity (Wildman–Crippen MR) is 57.8 cm³/mol. The van der Waals surface area contributed by atoms with E-state index < -0.39 is 0 Å². The average molecular weight is 184 g/mol. The molecule has 0 N–H and O–H groups in total. The summed E-state index contributed by atoms with van der Waals surface area (Å²) in [4.78, 5) is 10.4. The molecule has 1 nitrogen and oxygen atoms in total. The standard InChI is InChI=1S/C12H24O/c1-4-5-6-7-11(2)8-9-12(3)10-13/h10-12H,4-9H2,1-3H3. The van der Waals surface area contributed by atoms with E-state index in [1.165, 1.54) is 32.1 Å². The third-order valence-corrected chi connectivity index (χ3v) is 2.65. The van der Waals surface area contributed by atoms with Gasteiger partial charge in [0.25, 0.3) is 0 Å². The lowest BCUT2D eigenvalue weighted by molar-refractivity contribution is -0.110. The molecule has 0 radical (unpaired) electrons. The van der Waals surface area contributed by atoms with E-state index in [-0.39, 0.29) is 5.92 Å². The van der Waals surface area contributed by atoms with Crippen molar-refractivity contribution in [2.75, 3.05) is 0 Å². The highest BCUT2D eigenvalue weighted by molar-refractivity contribution is 5.52. The zero-order chi connectivity index (χ0) is 10.1. The van der Waals surface area contributed by atoms with Crippen LogP contribution in [0.4, 0.5) is 0 Å². The molecule has 0 aliphatic heterocycles. The Bertz CT molecular complexity index is 120. The number of aldehydes is 1. The lowest BCUT2D eigenvalue weighted by Gasteiger charge is -2.11. The average Bonchev–Trinajstić information content (AvgIpc) is 2.14. The van der Waals surface area contributed by atoms with E-state index in [1.807, 2.05) is 6.92 Å². The van der Waals surface area contributed by atoms with Crippen molar-refractivity contribution in [3.63, 3.8) is 0 Å². The first-order valence-electron chi connectivity index (χ1n) is 5.66. The van der Waals surface area contributed by atoms with Gasteiger partial charge in [0.1, 0.15) is 6.29 Å². The van der Waals surface area contributed by atoms with E-state index in [0.717, 1.165) is 18.6 Å². The van der Waals surface area contributed by atoms with Gasteiger partial charge >= 0.3 is 0 Å². The second kappa shape index (κ2) is 8.28. The molecular formula is C12H24O. The molecule has 0 rings (SSSR count). The molecule has 1 heteroatoms. The van der Waals surface area contributed by atoms with Crippen LogP contribution in [0.5, 0.6) is 0 Å². The first-order chi connectivity index (χ1) is 6.20. The maximum atomic E-state index is 10.4. The fourth-order valence-corrected chi connectivity index (χ4v) is 1.50. The van der Waals surface area contributed by atoms with Crippen molar-refractivity contribution in [1.82, 2.24) is 0 Å². The highest BCUT2D eigenvalue weighted by atomic mass is 16.1. The summed E-state index contributed by atoms with van der Waals surface area (Å²) in [6.45, 7) is 6.54. The molecule has 0 aromatic carbocycles. The van der Waals surface area contributed by atoms with E-state index in [2.05, 4.69) is 13.8 Å². The van der Waals surface area contributed by atoms with Gasteiger partial charge in [-0.15, -0.1) is 0 Å². The van der Waals surface area contributed by atoms with Crippen LogP contribution in [0.1, 0.15) is 59.3 Å². The van der Waals surface area contributed by atoms with E-state index in [1.54, 1.807) is 0 Å². The number of hydrogen-bond donors (Lipinski definition) is 0. The fourth-order valence-electron chi connectivity index (χ4n) is 1.50. The molecule has 0 heterocycles. The number of unbranched alkanes of at least 4 members (excludes halogenated alkanes) is 2. The maximum Gasteiger partial charge on any atom is 0.122 e. The molecule has 0 aliphatic rings. The van der Waals surface area contributed by atoms with Gasteiger partial charge in [0.2, 0.25) is 0 Å². The highest BCUT2D eigenvalue weighted by Gasteiger charge is 2.05. The normalized spacial score (nSPS) is 15.3. The van der Waals surface area contributed by atoms with E-state index in [0.29, 0.717) is 0 Å². The smallest absolute Gasteiger partial charge is 0.122 e. The van der Waals surface area contributed by atoms with Gasteiger partial charge in [-0.25, -0.2) is 0 Å². The van der Waals surface area contributed by atoms with Gasteiger partial charge in [-0.1, -0.05) is 52.9 Å². The van der Waals surface area contributed by atoms with E-state index in [4.69, 9.17) is 0 Å². The van der Waals surface area contributed by atoms with Crippen LogP contribution in [0, 0.1) is 11.8 Å². The topological polar surface area (TPSA) is 17.1 Å². The summed E-state index contributed by atoms with van der Waals surface area (Å²) < 4.78 is 0. The minimum Gasteiger partial charge on any atom is -0.303 e. The molecule has 13 heavy (non-hydrogen) atoms. The van der Waals surface area contributed by atoms with Crippen LogP contribution in [-0.4, -0.2) is 6.29 Å². The minimum absolute atomic E-state index is 0.258. The second-order valence-corrected chi connectivity index (χ2v) is 4.29. The van der Waals surface area contributed by atoms with Crippen LogP contribution < -0.4 is 0 Å². The highest BCUT2D eigenvalue weighted by Crippen LogP contribution is 2.17. The third kappa shape index (κ3) is 8.01. The Balaban J connectivity index is 3.29. The molecule has 0 spiro atoms. The van der Waals surface area contributed by atoms with Crippen LogP contribution >= 0.6 is 0 Å². The Morgan fingerprint density at radius 1 is 1.08 bits per heavy atom. The van der Waals surface area contributed by atoms with Crippen LogP contribution in [0.2, 0.25) is 0 Å². The first-order valence-corrected chi connectivity index (χ1v) is 5.66. The molecule has 2 unspecified atom stereocenters. The maximum absolute atomic E-state index is 10.4. The van der Waals surface area contributed by atoms with Crippen molar-refractivity contribution in [2.24, 2.45) is 11.8 Å². The molecule has 78 valence electrons. The molecule has 2 atom stereocenters.